The van der Waals surface area contributed by atoms with Crippen LogP contribution in [0.3, 0.4) is 0 Å². The second kappa shape index (κ2) is 8.84. The highest BCUT2D eigenvalue weighted by Crippen LogP contribution is 2.33. The van der Waals surface area contributed by atoms with E-state index in [4.69, 9.17) is 11.6 Å². The minimum absolute atomic E-state index is 0.190. The molecule has 0 aliphatic heterocycles. The molecule has 1 aliphatic rings. The van der Waals surface area contributed by atoms with E-state index in [1.54, 1.807) is 21.9 Å². The molecule has 0 bridgehead atoms. The van der Waals surface area contributed by atoms with E-state index in [-0.39, 0.29) is 23.1 Å². The van der Waals surface area contributed by atoms with Crippen LogP contribution in [0.5, 0.6) is 0 Å². The molecule has 6 heteroatoms. The molecular formula is C24H24ClN3O2. The summed E-state index contributed by atoms with van der Waals surface area (Å²) in [5, 5.41) is 0.683. The number of pyridine rings is 2. The molecular weight excluding hydrogens is 398 g/mol. The Hall–Kier alpha value is -2.92. The van der Waals surface area contributed by atoms with Gasteiger partial charge in [-0.15, -0.1) is 0 Å². The van der Waals surface area contributed by atoms with E-state index in [1.165, 1.54) is 0 Å². The van der Waals surface area contributed by atoms with Crippen molar-refractivity contribution >= 4 is 17.5 Å². The zero-order chi connectivity index (χ0) is 21.1. The Labute approximate surface area is 180 Å². The Kier molecular flexibility index (Phi) is 6.00. The van der Waals surface area contributed by atoms with E-state index >= 15 is 0 Å². The summed E-state index contributed by atoms with van der Waals surface area (Å²) in [7, 11) is 0. The van der Waals surface area contributed by atoms with E-state index in [0.717, 1.165) is 24.0 Å². The summed E-state index contributed by atoms with van der Waals surface area (Å²) >= 11 is 5.98. The number of carbonyl (C=O) groups is 1. The van der Waals surface area contributed by atoms with Crippen molar-refractivity contribution in [3.05, 3.63) is 98.7 Å². The largest absolute Gasteiger partial charge is 0.334 e. The number of nitrogens with zero attached hydrogens (tertiary/aromatic N) is 3. The third-order valence-electron chi connectivity index (χ3n) is 5.45. The zero-order valence-electron chi connectivity index (χ0n) is 16.9. The Balaban J connectivity index is 1.62. The van der Waals surface area contributed by atoms with E-state index in [2.05, 4.69) is 4.98 Å². The number of hydrogen-bond acceptors (Lipinski definition) is 3. The molecule has 5 nitrogen and oxygen atoms in total. The van der Waals surface area contributed by atoms with Crippen LogP contribution in [0.4, 0.5) is 0 Å². The third kappa shape index (κ3) is 4.62. The maximum Gasteiger partial charge on any atom is 0.263 e. The molecule has 0 spiro atoms. The minimum Gasteiger partial charge on any atom is -0.334 e. The molecule has 1 saturated carbocycles. The molecule has 2 heterocycles. The van der Waals surface area contributed by atoms with Crippen molar-refractivity contribution in [3.8, 4) is 0 Å². The minimum atomic E-state index is -0.231. The van der Waals surface area contributed by atoms with E-state index in [0.29, 0.717) is 30.1 Å². The molecule has 2 aromatic heterocycles. The third-order valence-corrected chi connectivity index (χ3v) is 5.70. The van der Waals surface area contributed by atoms with Gasteiger partial charge in [-0.3, -0.25) is 14.6 Å². The quantitative estimate of drug-likeness (QED) is 0.567. The fourth-order valence-electron chi connectivity index (χ4n) is 3.58. The van der Waals surface area contributed by atoms with Crippen LogP contribution in [0, 0.1) is 6.92 Å². The van der Waals surface area contributed by atoms with Gasteiger partial charge in [0.15, 0.2) is 0 Å². The topological polar surface area (TPSA) is 55.2 Å². The second-order valence-corrected chi connectivity index (χ2v) is 8.22. The van der Waals surface area contributed by atoms with Gasteiger partial charge in [0, 0.05) is 42.7 Å². The Morgan fingerprint density at radius 1 is 1.17 bits per heavy atom. The van der Waals surface area contributed by atoms with Gasteiger partial charge in [0.2, 0.25) is 0 Å². The van der Waals surface area contributed by atoms with Crippen LogP contribution in [0.1, 0.15) is 45.9 Å². The number of aromatic nitrogens is 2. The average Bonchev–Trinajstić information content (AvgIpc) is 3.58. The zero-order valence-corrected chi connectivity index (χ0v) is 17.7. The van der Waals surface area contributed by atoms with E-state index in [9.17, 15) is 9.59 Å². The molecule has 154 valence electrons. The number of carbonyl (C=O) groups excluding carboxylic acids is 1. The number of benzene rings is 1. The summed E-state index contributed by atoms with van der Waals surface area (Å²) in [5.74, 6) is -0.231. The first kappa shape index (κ1) is 20.4. The van der Waals surface area contributed by atoms with Crippen molar-refractivity contribution in [1.29, 1.82) is 0 Å². The summed E-state index contributed by atoms with van der Waals surface area (Å²) in [5.41, 5.74) is 2.81. The number of amides is 1. The van der Waals surface area contributed by atoms with Crippen LogP contribution in [-0.4, -0.2) is 26.9 Å². The average molecular weight is 422 g/mol. The molecule has 4 rings (SSSR count). The van der Waals surface area contributed by atoms with Crippen molar-refractivity contribution in [2.24, 2.45) is 0 Å². The van der Waals surface area contributed by atoms with Crippen molar-refractivity contribution in [2.45, 2.75) is 38.8 Å². The molecule has 0 unspecified atom stereocenters. The van der Waals surface area contributed by atoms with Gasteiger partial charge >= 0.3 is 0 Å². The van der Waals surface area contributed by atoms with Gasteiger partial charge in [-0.1, -0.05) is 29.8 Å². The summed E-state index contributed by atoms with van der Waals surface area (Å²) in [6.07, 6.45) is 7.93. The SMILES string of the molecule is Cc1ccn(C2CC2)c(=O)c1C(=O)N(CCc1ccc(Cl)cc1)Cc1cccnc1. The first-order chi connectivity index (χ1) is 14.5. The number of halogens is 1. The van der Waals surface area contributed by atoms with Gasteiger partial charge in [-0.2, -0.15) is 0 Å². The van der Waals surface area contributed by atoms with Crippen LogP contribution in [-0.2, 0) is 13.0 Å². The normalized spacial score (nSPS) is 13.3. The molecule has 1 aromatic carbocycles. The lowest BCUT2D eigenvalue weighted by molar-refractivity contribution is 0.0741. The van der Waals surface area contributed by atoms with Crippen LogP contribution >= 0.6 is 11.6 Å². The summed E-state index contributed by atoms with van der Waals surface area (Å²) in [4.78, 5) is 32.5. The Morgan fingerprint density at radius 2 is 1.93 bits per heavy atom. The van der Waals surface area contributed by atoms with E-state index in [1.807, 2.05) is 55.6 Å². The van der Waals surface area contributed by atoms with Gasteiger partial charge in [0.25, 0.3) is 11.5 Å². The van der Waals surface area contributed by atoms with Crippen molar-refractivity contribution in [1.82, 2.24) is 14.5 Å². The van der Waals surface area contributed by atoms with Crippen molar-refractivity contribution < 1.29 is 4.79 Å². The van der Waals surface area contributed by atoms with E-state index < -0.39 is 0 Å². The lowest BCUT2D eigenvalue weighted by Crippen LogP contribution is -2.38. The number of hydrogen-bond donors (Lipinski definition) is 0. The smallest absolute Gasteiger partial charge is 0.263 e. The van der Waals surface area contributed by atoms with Crippen molar-refractivity contribution in [2.75, 3.05) is 6.54 Å². The number of rotatable bonds is 7. The van der Waals surface area contributed by atoms with Gasteiger partial charge in [0.05, 0.1) is 0 Å². The molecule has 0 saturated heterocycles. The van der Waals surface area contributed by atoms with Crippen LogP contribution < -0.4 is 5.56 Å². The number of aryl methyl sites for hydroxylation is 1. The van der Waals surface area contributed by atoms with Crippen molar-refractivity contribution in [3.63, 3.8) is 0 Å². The fourth-order valence-corrected chi connectivity index (χ4v) is 3.70. The Bertz CT molecular complexity index is 1090. The lowest BCUT2D eigenvalue weighted by atomic mass is 10.1. The molecule has 1 fully saturated rings. The first-order valence-corrected chi connectivity index (χ1v) is 10.5. The molecule has 1 aliphatic carbocycles. The molecule has 0 atom stereocenters. The molecule has 0 N–H and O–H groups in total. The van der Waals surface area contributed by atoms with Crippen LogP contribution in [0.25, 0.3) is 0 Å². The second-order valence-electron chi connectivity index (χ2n) is 7.78. The first-order valence-electron chi connectivity index (χ1n) is 10.2. The highest BCUT2D eigenvalue weighted by atomic mass is 35.5. The maximum atomic E-state index is 13.5. The highest BCUT2D eigenvalue weighted by Gasteiger charge is 2.28. The maximum absolute atomic E-state index is 13.5. The molecule has 30 heavy (non-hydrogen) atoms. The van der Waals surface area contributed by atoms with Gasteiger partial charge < -0.3 is 9.47 Å². The predicted molar refractivity (Wildman–Crippen MR) is 118 cm³/mol. The highest BCUT2D eigenvalue weighted by molar-refractivity contribution is 6.30. The summed E-state index contributed by atoms with van der Waals surface area (Å²) in [6.45, 7) is 2.72. The standard InChI is InChI=1S/C24H24ClN3O2/c1-17-10-14-28(21-8-9-21)24(30)22(17)23(29)27(16-19-3-2-12-26-15-19)13-11-18-4-6-20(25)7-5-18/h2-7,10,12,14-15,21H,8-9,11,13,16H2,1H3. The molecule has 3 aromatic rings. The predicted octanol–water partition coefficient (Wildman–Crippen LogP) is 4.43. The van der Waals surface area contributed by atoms with Gasteiger partial charge in [0.1, 0.15) is 5.56 Å². The fraction of sp³-hybridized carbons (Fsp3) is 0.292. The van der Waals surface area contributed by atoms with Gasteiger partial charge in [-0.25, -0.2) is 0 Å². The van der Waals surface area contributed by atoms with Crippen LogP contribution in [0.15, 0.2) is 65.8 Å². The Morgan fingerprint density at radius 3 is 2.60 bits per heavy atom. The summed E-state index contributed by atoms with van der Waals surface area (Å²) in [6, 6.07) is 13.5. The molecule has 0 radical (unpaired) electrons. The monoisotopic (exact) mass is 421 g/mol. The molecule has 1 amide bonds. The lowest BCUT2D eigenvalue weighted by Gasteiger charge is -2.24. The summed E-state index contributed by atoms with van der Waals surface area (Å²) < 4.78 is 1.71. The van der Waals surface area contributed by atoms with Crippen LogP contribution in [0.2, 0.25) is 5.02 Å². The van der Waals surface area contributed by atoms with Gasteiger partial charge in [-0.05, 0) is 67.1 Å².